The molecule has 1 unspecified atom stereocenters. The van der Waals surface area contributed by atoms with E-state index in [1.54, 1.807) is 12.4 Å². The van der Waals surface area contributed by atoms with Crippen molar-refractivity contribution in [3.63, 3.8) is 0 Å². The molecule has 2 rings (SSSR count). The second-order valence-corrected chi connectivity index (χ2v) is 3.61. The van der Waals surface area contributed by atoms with Crippen molar-refractivity contribution >= 4 is 11.0 Å². The van der Waals surface area contributed by atoms with Crippen LogP contribution in [-0.2, 0) is 0 Å². The summed E-state index contributed by atoms with van der Waals surface area (Å²) < 4.78 is 0. The third-order valence-corrected chi connectivity index (χ3v) is 2.67. The Bertz CT molecular complexity index is 437. The number of nitrogens with zero attached hydrogens (tertiary/aromatic N) is 2. The lowest BCUT2D eigenvalue weighted by Gasteiger charge is -2.08. The van der Waals surface area contributed by atoms with E-state index < -0.39 is 0 Å². The Labute approximate surface area is 97.7 Å². The van der Waals surface area contributed by atoms with Crippen LogP contribution in [0.3, 0.4) is 0 Å². The highest BCUT2D eigenvalue weighted by Gasteiger charge is 2.03. The molecule has 2 nitrogen and oxygen atoms in total. The molecule has 0 amide bonds. The number of benzene rings is 1. The molecule has 0 radical (unpaired) electrons. The molecule has 0 aliphatic rings. The summed E-state index contributed by atoms with van der Waals surface area (Å²) in [6.45, 7) is 8.43. The van der Waals surface area contributed by atoms with Crippen molar-refractivity contribution < 1.29 is 0 Å². The predicted molar refractivity (Wildman–Crippen MR) is 69.6 cm³/mol. The van der Waals surface area contributed by atoms with Gasteiger partial charge in [-0.05, 0) is 30.0 Å². The summed E-state index contributed by atoms with van der Waals surface area (Å²) in [4.78, 5) is 8.54. The van der Waals surface area contributed by atoms with E-state index >= 15 is 0 Å². The van der Waals surface area contributed by atoms with Gasteiger partial charge in [-0.3, -0.25) is 9.97 Å². The van der Waals surface area contributed by atoms with Crippen LogP contribution in [-0.4, -0.2) is 9.97 Å². The van der Waals surface area contributed by atoms with Crippen LogP contribution >= 0.6 is 0 Å². The summed E-state index contributed by atoms with van der Waals surface area (Å²) in [6.07, 6.45) is 4.62. The molecule has 0 bridgehead atoms. The van der Waals surface area contributed by atoms with E-state index in [2.05, 4.69) is 35.9 Å². The monoisotopic (exact) mass is 216 g/mol. The second kappa shape index (κ2) is 6.21. The van der Waals surface area contributed by atoms with Gasteiger partial charge < -0.3 is 0 Å². The van der Waals surface area contributed by atoms with Gasteiger partial charge in [-0.25, -0.2) is 0 Å². The molecule has 2 heteroatoms. The van der Waals surface area contributed by atoms with Gasteiger partial charge in [0, 0.05) is 12.4 Å². The lowest BCUT2D eigenvalue weighted by Crippen LogP contribution is -1.92. The highest BCUT2D eigenvalue weighted by atomic mass is 14.8. The maximum absolute atomic E-state index is 4.30. The van der Waals surface area contributed by atoms with Gasteiger partial charge in [-0.15, -0.1) is 0 Å². The number of hydrogen-bond acceptors (Lipinski definition) is 2. The minimum Gasteiger partial charge on any atom is -0.253 e. The zero-order valence-corrected chi connectivity index (χ0v) is 10.6. The molecule has 0 N–H and O–H groups in total. The smallest absolute Gasteiger partial charge is 0.0889 e. The van der Waals surface area contributed by atoms with E-state index in [0.29, 0.717) is 5.92 Å². The minimum absolute atomic E-state index is 0.599. The zero-order chi connectivity index (χ0) is 12.0. The summed E-state index contributed by atoms with van der Waals surface area (Å²) in [7, 11) is 0. The summed E-state index contributed by atoms with van der Waals surface area (Å²) in [5.41, 5.74) is 3.31. The van der Waals surface area contributed by atoms with E-state index in [0.717, 1.165) is 17.5 Å². The van der Waals surface area contributed by atoms with Crippen LogP contribution in [0.4, 0.5) is 0 Å². The first-order valence-corrected chi connectivity index (χ1v) is 6.02. The van der Waals surface area contributed by atoms with Crippen molar-refractivity contribution in [2.24, 2.45) is 0 Å². The summed E-state index contributed by atoms with van der Waals surface area (Å²) in [5, 5.41) is 0. The molecule has 0 aliphatic carbocycles. The lowest BCUT2D eigenvalue weighted by molar-refractivity contribution is 0.734. The third kappa shape index (κ3) is 2.78. The van der Waals surface area contributed by atoms with Gasteiger partial charge in [0.1, 0.15) is 0 Å². The molecule has 86 valence electrons. The first-order valence-electron chi connectivity index (χ1n) is 6.02. The van der Waals surface area contributed by atoms with Gasteiger partial charge in [0.15, 0.2) is 0 Å². The molecule has 1 aromatic heterocycles. The maximum atomic E-state index is 4.30. The molecule has 0 fully saturated rings. The fourth-order valence-corrected chi connectivity index (χ4v) is 1.52. The molecule has 0 aliphatic heterocycles. The van der Waals surface area contributed by atoms with Crippen LogP contribution < -0.4 is 0 Å². The molecular weight excluding hydrogens is 196 g/mol. The molecule has 0 saturated heterocycles. The topological polar surface area (TPSA) is 25.8 Å². The number of hydrogen-bond donors (Lipinski definition) is 0. The first-order chi connectivity index (χ1) is 7.81. The van der Waals surface area contributed by atoms with E-state index in [4.69, 9.17) is 0 Å². The maximum Gasteiger partial charge on any atom is 0.0889 e. The molecule has 1 heterocycles. The standard InChI is InChI=1S/C12H14N2.C2H6/c1-3-9(2)10-4-5-11-12(8-10)14-7-6-13-11;1-2/h4-9H,3H2,1-2H3;1-2H3. The third-order valence-electron chi connectivity index (χ3n) is 2.67. The van der Waals surface area contributed by atoms with Crippen molar-refractivity contribution in [2.45, 2.75) is 40.0 Å². The normalized spacial score (nSPS) is 11.8. The number of fused-ring (bicyclic) bond motifs is 1. The van der Waals surface area contributed by atoms with E-state index in [1.807, 2.05) is 19.9 Å². The van der Waals surface area contributed by atoms with Gasteiger partial charge in [-0.2, -0.15) is 0 Å². The quantitative estimate of drug-likeness (QED) is 0.753. The molecule has 2 aromatic rings. The Hall–Kier alpha value is -1.44. The largest absolute Gasteiger partial charge is 0.253 e. The minimum atomic E-state index is 0.599. The van der Waals surface area contributed by atoms with Gasteiger partial charge in [0.2, 0.25) is 0 Å². The summed E-state index contributed by atoms with van der Waals surface area (Å²) in [5.74, 6) is 0.599. The Kier molecular flexibility index (Phi) is 4.90. The molecular formula is C14H20N2. The van der Waals surface area contributed by atoms with Crippen LogP contribution in [0.15, 0.2) is 30.6 Å². The Balaban J connectivity index is 0.000000606. The Morgan fingerprint density at radius 2 is 1.69 bits per heavy atom. The fourth-order valence-electron chi connectivity index (χ4n) is 1.52. The van der Waals surface area contributed by atoms with Crippen molar-refractivity contribution in [1.82, 2.24) is 9.97 Å². The van der Waals surface area contributed by atoms with Crippen molar-refractivity contribution in [3.05, 3.63) is 36.2 Å². The SMILES string of the molecule is CC.CCC(C)c1ccc2nccnc2c1. The van der Waals surface area contributed by atoms with Crippen molar-refractivity contribution in [1.29, 1.82) is 0 Å². The Morgan fingerprint density at radius 1 is 1.06 bits per heavy atom. The lowest BCUT2D eigenvalue weighted by atomic mass is 9.98. The summed E-state index contributed by atoms with van der Waals surface area (Å²) in [6, 6.07) is 6.32. The van der Waals surface area contributed by atoms with Gasteiger partial charge in [0.05, 0.1) is 11.0 Å². The number of aromatic nitrogens is 2. The van der Waals surface area contributed by atoms with Crippen LogP contribution in [0.1, 0.15) is 45.6 Å². The highest BCUT2D eigenvalue weighted by Crippen LogP contribution is 2.21. The highest BCUT2D eigenvalue weighted by molar-refractivity contribution is 5.74. The van der Waals surface area contributed by atoms with Gasteiger partial charge in [0.25, 0.3) is 0 Å². The van der Waals surface area contributed by atoms with Crippen LogP contribution in [0.5, 0.6) is 0 Å². The molecule has 0 saturated carbocycles. The molecule has 1 atom stereocenters. The van der Waals surface area contributed by atoms with Crippen LogP contribution in [0.2, 0.25) is 0 Å². The van der Waals surface area contributed by atoms with Crippen molar-refractivity contribution in [3.8, 4) is 0 Å². The molecule has 1 aromatic carbocycles. The van der Waals surface area contributed by atoms with Crippen molar-refractivity contribution in [2.75, 3.05) is 0 Å². The van der Waals surface area contributed by atoms with Crippen LogP contribution in [0.25, 0.3) is 11.0 Å². The van der Waals surface area contributed by atoms with Gasteiger partial charge in [-0.1, -0.05) is 33.8 Å². The van der Waals surface area contributed by atoms with E-state index in [1.165, 1.54) is 5.56 Å². The number of rotatable bonds is 2. The molecule has 0 spiro atoms. The predicted octanol–water partition coefficient (Wildman–Crippen LogP) is 4.17. The summed E-state index contributed by atoms with van der Waals surface area (Å²) >= 11 is 0. The molecule has 16 heavy (non-hydrogen) atoms. The average molecular weight is 216 g/mol. The first kappa shape index (κ1) is 12.6. The Morgan fingerprint density at radius 3 is 2.31 bits per heavy atom. The van der Waals surface area contributed by atoms with E-state index in [-0.39, 0.29) is 0 Å². The average Bonchev–Trinajstić information content (AvgIpc) is 2.39. The van der Waals surface area contributed by atoms with E-state index in [9.17, 15) is 0 Å². The van der Waals surface area contributed by atoms with Gasteiger partial charge >= 0.3 is 0 Å². The zero-order valence-electron chi connectivity index (χ0n) is 10.6. The fraction of sp³-hybridized carbons (Fsp3) is 0.429. The van der Waals surface area contributed by atoms with Crippen LogP contribution in [0, 0.1) is 0 Å². The second-order valence-electron chi connectivity index (χ2n) is 3.61.